The van der Waals surface area contributed by atoms with E-state index in [1.165, 1.54) is 17.4 Å². The third-order valence-electron chi connectivity index (χ3n) is 3.37. The van der Waals surface area contributed by atoms with Gasteiger partial charge in [-0.3, -0.25) is 4.79 Å². The van der Waals surface area contributed by atoms with E-state index in [2.05, 4.69) is 10.3 Å². The number of hydrogen-bond acceptors (Lipinski definition) is 4. The number of hydrogen-bond donors (Lipinski definition) is 1. The van der Waals surface area contributed by atoms with Gasteiger partial charge in [0, 0.05) is 30.2 Å². The number of benzene rings is 1. The summed E-state index contributed by atoms with van der Waals surface area (Å²) in [4.78, 5) is 16.8. The highest BCUT2D eigenvalue weighted by Crippen LogP contribution is 2.08. The van der Waals surface area contributed by atoms with E-state index in [1.807, 2.05) is 5.38 Å². The summed E-state index contributed by atoms with van der Waals surface area (Å²) in [5.41, 5.74) is 0.561. The zero-order valence-electron chi connectivity index (χ0n) is 11.9. The van der Waals surface area contributed by atoms with Crippen molar-refractivity contribution in [1.82, 2.24) is 9.88 Å². The molecular weight excluding hydrogens is 305 g/mol. The van der Waals surface area contributed by atoms with Crippen molar-refractivity contribution in [3.63, 3.8) is 0 Å². The van der Waals surface area contributed by atoms with Gasteiger partial charge in [-0.05, 0) is 6.07 Å². The van der Waals surface area contributed by atoms with Crippen LogP contribution in [0.2, 0.25) is 0 Å². The average molecular weight is 321 g/mol. The highest BCUT2D eigenvalue weighted by Gasteiger charge is 2.21. The first-order chi connectivity index (χ1) is 10.7. The standard InChI is InChI=1S/C15H16FN3O2S/c16-12-4-2-1-3-11(12)10-19-6-8-22-15(19)18-14(20)13-9-17-5-7-21-13/h1-4,6,8,13,17H,5,7,9-10H2. The van der Waals surface area contributed by atoms with E-state index in [1.54, 1.807) is 29.0 Å². The molecule has 0 bridgehead atoms. The Labute approximate surface area is 131 Å². The summed E-state index contributed by atoms with van der Waals surface area (Å²) in [6.45, 7) is 2.06. The molecule has 1 aromatic carbocycles. The number of thiazole rings is 1. The lowest BCUT2D eigenvalue weighted by molar-refractivity contribution is -0.130. The van der Waals surface area contributed by atoms with Crippen molar-refractivity contribution in [3.8, 4) is 0 Å². The van der Waals surface area contributed by atoms with Gasteiger partial charge in [0.1, 0.15) is 5.82 Å². The summed E-state index contributed by atoms with van der Waals surface area (Å²) in [6.07, 6.45) is 1.25. The first-order valence-corrected chi connectivity index (χ1v) is 7.90. The molecule has 0 radical (unpaired) electrons. The Morgan fingerprint density at radius 2 is 2.36 bits per heavy atom. The number of aromatic nitrogens is 1. The lowest BCUT2D eigenvalue weighted by atomic mass is 10.2. The smallest absolute Gasteiger partial charge is 0.278 e. The molecule has 1 aliphatic rings. The normalized spacial score (nSPS) is 19.3. The predicted octanol–water partition coefficient (Wildman–Crippen LogP) is 1.15. The van der Waals surface area contributed by atoms with Gasteiger partial charge in [0.25, 0.3) is 5.91 Å². The molecule has 1 aromatic heterocycles. The molecule has 116 valence electrons. The van der Waals surface area contributed by atoms with Gasteiger partial charge in [0.15, 0.2) is 10.9 Å². The van der Waals surface area contributed by atoms with E-state index in [0.717, 1.165) is 6.54 Å². The summed E-state index contributed by atoms with van der Waals surface area (Å²) in [5.74, 6) is -0.574. The number of carbonyl (C=O) groups is 1. The Hall–Kier alpha value is -1.83. The van der Waals surface area contributed by atoms with Gasteiger partial charge in [-0.1, -0.05) is 18.2 Å². The molecule has 1 amide bonds. The molecule has 0 saturated carbocycles. The summed E-state index contributed by atoms with van der Waals surface area (Å²) in [5, 5.41) is 4.92. The number of nitrogens with one attached hydrogen (secondary N) is 1. The number of carbonyl (C=O) groups excluding carboxylic acids is 1. The molecule has 22 heavy (non-hydrogen) atoms. The van der Waals surface area contributed by atoms with Crippen LogP contribution >= 0.6 is 11.3 Å². The Morgan fingerprint density at radius 1 is 1.50 bits per heavy atom. The molecule has 1 unspecified atom stereocenters. The fraction of sp³-hybridized carbons (Fsp3) is 0.333. The topological polar surface area (TPSA) is 55.6 Å². The second kappa shape index (κ2) is 6.95. The molecule has 5 nitrogen and oxygen atoms in total. The lowest BCUT2D eigenvalue weighted by Gasteiger charge is -2.20. The number of morpholine rings is 1. The van der Waals surface area contributed by atoms with Crippen LogP contribution in [0.5, 0.6) is 0 Å². The van der Waals surface area contributed by atoms with Crippen molar-refractivity contribution in [1.29, 1.82) is 0 Å². The second-order valence-electron chi connectivity index (χ2n) is 4.92. The predicted molar refractivity (Wildman–Crippen MR) is 81.0 cm³/mol. The third-order valence-corrected chi connectivity index (χ3v) is 4.16. The molecule has 1 saturated heterocycles. The van der Waals surface area contributed by atoms with E-state index in [9.17, 15) is 9.18 Å². The number of rotatable bonds is 3. The molecule has 3 rings (SSSR count). The zero-order valence-corrected chi connectivity index (χ0v) is 12.7. The fourth-order valence-electron chi connectivity index (χ4n) is 2.21. The van der Waals surface area contributed by atoms with Crippen LogP contribution in [0.3, 0.4) is 0 Å². The lowest BCUT2D eigenvalue weighted by Crippen LogP contribution is -2.43. The van der Waals surface area contributed by atoms with E-state index < -0.39 is 6.10 Å². The van der Waals surface area contributed by atoms with Gasteiger partial charge in [0.2, 0.25) is 0 Å². The number of ether oxygens (including phenoxy) is 1. The van der Waals surface area contributed by atoms with Crippen molar-refractivity contribution < 1.29 is 13.9 Å². The molecule has 0 aliphatic carbocycles. The van der Waals surface area contributed by atoms with Gasteiger partial charge < -0.3 is 14.6 Å². The van der Waals surface area contributed by atoms with Gasteiger partial charge >= 0.3 is 0 Å². The highest BCUT2D eigenvalue weighted by molar-refractivity contribution is 7.07. The van der Waals surface area contributed by atoms with Crippen LogP contribution in [0, 0.1) is 5.82 Å². The van der Waals surface area contributed by atoms with Gasteiger partial charge in [-0.15, -0.1) is 11.3 Å². The largest absolute Gasteiger partial charge is 0.366 e. The summed E-state index contributed by atoms with van der Waals surface area (Å²) in [6, 6.07) is 6.58. The fourth-order valence-corrected chi connectivity index (χ4v) is 2.94. The molecule has 2 aromatic rings. The monoisotopic (exact) mass is 321 g/mol. The van der Waals surface area contributed by atoms with E-state index in [-0.39, 0.29) is 11.7 Å². The molecule has 1 atom stereocenters. The summed E-state index contributed by atoms with van der Waals surface area (Å²) in [7, 11) is 0. The first kappa shape index (κ1) is 15.1. The minimum absolute atomic E-state index is 0.265. The Morgan fingerprint density at radius 3 is 3.14 bits per heavy atom. The van der Waals surface area contributed by atoms with Crippen LogP contribution in [0.4, 0.5) is 4.39 Å². The molecule has 1 fully saturated rings. The average Bonchev–Trinajstić information content (AvgIpc) is 2.97. The molecule has 0 spiro atoms. The first-order valence-electron chi connectivity index (χ1n) is 7.02. The van der Waals surface area contributed by atoms with E-state index in [0.29, 0.717) is 30.1 Å². The molecule has 2 heterocycles. The molecule has 7 heteroatoms. The third kappa shape index (κ3) is 3.49. The second-order valence-corrected chi connectivity index (χ2v) is 5.79. The van der Waals surface area contributed by atoms with Crippen molar-refractivity contribution in [2.24, 2.45) is 4.99 Å². The minimum atomic E-state index is -0.544. The van der Waals surface area contributed by atoms with Gasteiger partial charge in [0.05, 0.1) is 13.2 Å². The van der Waals surface area contributed by atoms with E-state index in [4.69, 9.17) is 4.74 Å². The van der Waals surface area contributed by atoms with Crippen LogP contribution in [0.15, 0.2) is 40.8 Å². The Bertz CT molecular complexity index is 719. The van der Waals surface area contributed by atoms with Crippen LogP contribution in [-0.2, 0) is 16.1 Å². The Kier molecular flexibility index (Phi) is 4.77. The number of amides is 1. The minimum Gasteiger partial charge on any atom is -0.366 e. The number of halogens is 1. The Balaban J connectivity index is 1.81. The van der Waals surface area contributed by atoms with Crippen LogP contribution < -0.4 is 10.1 Å². The summed E-state index contributed by atoms with van der Waals surface area (Å²) < 4.78 is 20.9. The maximum Gasteiger partial charge on any atom is 0.278 e. The summed E-state index contributed by atoms with van der Waals surface area (Å²) >= 11 is 1.34. The maximum atomic E-state index is 13.7. The van der Waals surface area contributed by atoms with Crippen molar-refractivity contribution >= 4 is 17.2 Å². The maximum absolute atomic E-state index is 13.7. The molecular formula is C15H16FN3O2S. The number of nitrogens with zero attached hydrogens (tertiary/aromatic N) is 2. The van der Waals surface area contributed by atoms with Crippen molar-refractivity contribution in [2.75, 3.05) is 19.7 Å². The van der Waals surface area contributed by atoms with Crippen LogP contribution in [0.1, 0.15) is 5.56 Å². The van der Waals surface area contributed by atoms with Gasteiger partial charge in [-0.2, -0.15) is 4.99 Å². The van der Waals surface area contributed by atoms with E-state index >= 15 is 0 Å². The highest BCUT2D eigenvalue weighted by atomic mass is 32.1. The zero-order chi connectivity index (χ0) is 15.4. The molecule has 1 N–H and O–H groups in total. The SMILES string of the molecule is O=C(N=c1sccn1Cc1ccccc1F)C1CNCCO1. The van der Waals surface area contributed by atoms with Crippen LogP contribution in [0.25, 0.3) is 0 Å². The molecule has 1 aliphatic heterocycles. The quantitative estimate of drug-likeness (QED) is 0.923. The van der Waals surface area contributed by atoms with Crippen LogP contribution in [-0.4, -0.2) is 36.3 Å². The van der Waals surface area contributed by atoms with Crippen molar-refractivity contribution in [3.05, 3.63) is 52.0 Å². The van der Waals surface area contributed by atoms with Crippen molar-refractivity contribution in [2.45, 2.75) is 12.6 Å². The van der Waals surface area contributed by atoms with Gasteiger partial charge in [-0.25, -0.2) is 4.39 Å².